The number of pyridine rings is 1. The predicted octanol–water partition coefficient (Wildman–Crippen LogP) is 3.97. The highest BCUT2D eigenvalue weighted by Crippen LogP contribution is 2.32. The Morgan fingerprint density at radius 2 is 1.89 bits per heavy atom. The van der Waals surface area contributed by atoms with Gasteiger partial charge in [0.1, 0.15) is 0 Å². The van der Waals surface area contributed by atoms with Crippen LogP contribution >= 0.6 is 12.4 Å². The average molecular weight is 383 g/mol. The molecule has 0 bridgehead atoms. The lowest BCUT2D eigenvalue weighted by atomic mass is 10.0. The first-order chi connectivity index (χ1) is 12.6. The van der Waals surface area contributed by atoms with E-state index in [1.165, 1.54) is 0 Å². The van der Waals surface area contributed by atoms with E-state index < -0.39 is 0 Å². The molecule has 0 saturated carbocycles. The maximum Gasteiger partial charge on any atom is 0.251 e. The van der Waals surface area contributed by atoms with E-state index in [0.717, 1.165) is 45.7 Å². The van der Waals surface area contributed by atoms with E-state index >= 15 is 0 Å². The Morgan fingerprint density at radius 3 is 2.70 bits per heavy atom. The summed E-state index contributed by atoms with van der Waals surface area (Å²) >= 11 is 0. The van der Waals surface area contributed by atoms with Crippen LogP contribution in [0, 0.1) is 0 Å². The molecular formula is C21H23ClN4O. The van der Waals surface area contributed by atoms with Crippen molar-refractivity contribution in [2.24, 2.45) is 0 Å². The van der Waals surface area contributed by atoms with Crippen molar-refractivity contribution in [1.29, 1.82) is 0 Å². The van der Waals surface area contributed by atoms with Crippen molar-refractivity contribution in [3.05, 3.63) is 54.2 Å². The normalized spacial score (nSPS) is 11.2. The van der Waals surface area contributed by atoms with Gasteiger partial charge in [-0.2, -0.15) is 0 Å². The minimum Gasteiger partial charge on any atom is -0.353 e. The number of halogens is 1. The summed E-state index contributed by atoms with van der Waals surface area (Å²) in [5.41, 5.74) is 3.54. The number of benzene rings is 2. The fraction of sp³-hybridized carbons (Fsp3) is 0.238. The molecule has 0 aliphatic carbocycles. The number of fused-ring (bicyclic) bond motifs is 5. The van der Waals surface area contributed by atoms with Crippen molar-refractivity contribution < 1.29 is 4.79 Å². The Kier molecular flexibility index (Phi) is 5.63. The number of nitrogens with zero attached hydrogens (tertiary/aromatic N) is 2. The maximum absolute atomic E-state index is 12.8. The van der Waals surface area contributed by atoms with Crippen molar-refractivity contribution in [3.63, 3.8) is 0 Å². The van der Waals surface area contributed by atoms with Crippen LogP contribution in [-0.4, -0.2) is 48.0 Å². The van der Waals surface area contributed by atoms with Gasteiger partial charge < -0.3 is 15.2 Å². The van der Waals surface area contributed by atoms with Crippen LogP contribution in [0.5, 0.6) is 0 Å². The Morgan fingerprint density at radius 1 is 1.11 bits per heavy atom. The third kappa shape index (κ3) is 3.61. The monoisotopic (exact) mass is 382 g/mol. The molecule has 2 N–H and O–H groups in total. The van der Waals surface area contributed by atoms with Crippen LogP contribution in [0.4, 0.5) is 0 Å². The van der Waals surface area contributed by atoms with E-state index in [1.54, 1.807) is 6.20 Å². The molecule has 0 saturated heterocycles. The van der Waals surface area contributed by atoms with Gasteiger partial charge in [-0.05, 0) is 45.3 Å². The fourth-order valence-electron chi connectivity index (χ4n) is 3.42. The van der Waals surface area contributed by atoms with E-state index in [1.807, 2.05) is 50.5 Å². The minimum atomic E-state index is -0.0473. The molecule has 0 unspecified atom stereocenters. The summed E-state index contributed by atoms with van der Waals surface area (Å²) in [7, 11) is 4.07. The molecule has 0 aliphatic rings. The van der Waals surface area contributed by atoms with Gasteiger partial charge in [0.2, 0.25) is 0 Å². The molecule has 140 valence electrons. The van der Waals surface area contributed by atoms with E-state index in [0.29, 0.717) is 12.1 Å². The first-order valence-corrected chi connectivity index (χ1v) is 8.86. The van der Waals surface area contributed by atoms with E-state index in [2.05, 4.69) is 26.3 Å². The van der Waals surface area contributed by atoms with Crippen LogP contribution in [0.25, 0.3) is 32.7 Å². The number of hydrogen-bond donors (Lipinski definition) is 2. The molecule has 2 aromatic heterocycles. The van der Waals surface area contributed by atoms with Gasteiger partial charge in [-0.1, -0.05) is 24.3 Å². The second-order valence-electron chi connectivity index (χ2n) is 6.83. The SMILES string of the molecule is CN(C)CCCNC(=O)c1cc2c3ccccc3[nH]c2c2ncccc12.Cl. The Hall–Kier alpha value is -2.63. The quantitative estimate of drug-likeness (QED) is 0.513. The maximum atomic E-state index is 12.8. The largest absolute Gasteiger partial charge is 0.353 e. The lowest BCUT2D eigenvalue weighted by molar-refractivity contribution is 0.0954. The van der Waals surface area contributed by atoms with Crippen molar-refractivity contribution in [2.75, 3.05) is 27.2 Å². The Labute approximate surface area is 164 Å². The van der Waals surface area contributed by atoms with Crippen LogP contribution in [-0.2, 0) is 0 Å². The second-order valence-corrected chi connectivity index (χ2v) is 6.83. The molecule has 1 amide bonds. The zero-order chi connectivity index (χ0) is 18.1. The topological polar surface area (TPSA) is 61.0 Å². The zero-order valence-electron chi connectivity index (χ0n) is 15.5. The molecule has 5 nitrogen and oxygen atoms in total. The van der Waals surface area contributed by atoms with Gasteiger partial charge in [-0.3, -0.25) is 9.78 Å². The number of carbonyl (C=O) groups is 1. The summed E-state index contributed by atoms with van der Waals surface area (Å²) in [6, 6.07) is 14.0. The molecule has 6 heteroatoms. The average Bonchev–Trinajstić information content (AvgIpc) is 3.03. The highest BCUT2D eigenvalue weighted by Gasteiger charge is 2.16. The second kappa shape index (κ2) is 7.94. The summed E-state index contributed by atoms with van der Waals surface area (Å²) in [5.74, 6) is -0.0473. The number of rotatable bonds is 5. The number of aromatic amines is 1. The van der Waals surface area contributed by atoms with Crippen molar-refractivity contribution in [2.45, 2.75) is 6.42 Å². The number of hydrogen-bond acceptors (Lipinski definition) is 3. The minimum absolute atomic E-state index is 0. The van der Waals surface area contributed by atoms with Crippen molar-refractivity contribution in [3.8, 4) is 0 Å². The standard InChI is InChI=1S/C21H22N4O.ClH/c1-25(2)12-6-11-23-21(26)17-13-16-14-7-3-4-9-18(14)24-20(16)19-15(17)8-5-10-22-19;/h3-5,7-10,13,24H,6,11-12H2,1-2H3,(H,23,26);1H. The van der Waals surface area contributed by atoms with Crippen LogP contribution in [0.1, 0.15) is 16.8 Å². The van der Waals surface area contributed by atoms with Gasteiger partial charge in [0.25, 0.3) is 5.91 Å². The molecule has 2 aromatic carbocycles. The molecule has 2 heterocycles. The van der Waals surface area contributed by atoms with Gasteiger partial charge in [0.05, 0.1) is 11.0 Å². The summed E-state index contributed by atoms with van der Waals surface area (Å²) in [4.78, 5) is 23.0. The lowest BCUT2D eigenvalue weighted by Crippen LogP contribution is -2.27. The lowest BCUT2D eigenvalue weighted by Gasteiger charge is -2.11. The summed E-state index contributed by atoms with van der Waals surface area (Å²) < 4.78 is 0. The molecule has 0 fully saturated rings. The number of H-pyrrole nitrogens is 1. The molecular weight excluding hydrogens is 360 g/mol. The highest BCUT2D eigenvalue weighted by atomic mass is 35.5. The third-order valence-electron chi connectivity index (χ3n) is 4.68. The van der Waals surface area contributed by atoms with Gasteiger partial charge in [-0.25, -0.2) is 0 Å². The van der Waals surface area contributed by atoms with E-state index in [4.69, 9.17) is 0 Å². The third-order valence-corrected chi connectivity index (χ3v) is 4.68. The molecule has 4 rings (SSSR count). The van der Waals surface area contributed by atoms with Gasteiger partial charge in [0.15, 0.2) is 0 Å². The number of amides is 1. The van der Waals surface area contributed by atoms with Crippen LogP contribution in [0.3, 0.4) is 0 Å². The molecule has 0 radical (unpaired) electrons. The summed E-state index contributed by atoms with van der Waals surface area (Å²) in [6.45, 7) is 1.61. The number of aromatic nitrogens is 2. The first kappa shape index (κ1) is 19.1. The van der Waals surface area contributed by atoms with Crippen LogP contribution in [0.15, 0.2) is 48.7 Å². The highest BCUT2D eigenvalue weighted by molar-refractivity contribution is 6.21. The van der Waals surface area contributed by atoms with Gasteiger partial charge >= 0.3 is 0 Å². The molecule has 0 atom stereocenters. The van der Waals surface area contributed by atoms with Crippen molar-refractivity contribution in [1.82, 2.24) is 20.2 Å². The predicted molar refractivity (Wildman–Crippen MR) is 114 cm³/mol. The molecule has 0 spiro atoms. The van der Waals surface area contributed by atoms with Crippen molar-refractivity contribution >= 4 is 51.0 Å². The summed E-state index contributed by atoms with van der Waals surface area (Å²) in [5, 5.41) is 6.06. The number of para-hydroxylation sites is 1. The fourth-order valence-corrected chi connectivity index (χ4v) is 3.42. The van der Waals surface area contributed by atoms with Crippen LogP contribution in [0.2, 0.25) is 0 Å². The number of carbonyl (C=O) groups excluding carboxylic acids is 1. The van der Waals surface area contributed by atoms with E-state index in [9.17, 15) is 4.79 Å². The number of nitrogens with one attached hydrogen (secondary N) is 2. The molecule has 27 heavy (non-hydrogen) atoms. The van der Waals surface area contributed by atoms with Gasteiger partial charge in [0, 0.05) is 40.0 Å². The zero-order valence-corrected chi connectivity index (χ0v) is 16.3. The van der Waals surface area contributed by atoms with Crippen LogP contribution < -0.4 is 5.32 Å². The Bertz CT molecular complexity index is 1100. The Balaban J connectivity index is 0.00000210. The van der Waals surface area contributed by atoms with E-state index in [-0.39, 0.29) is 18.3 Å². The first-order valence-electron chi connectivity index (χ1n) is 8.86. The smallest absolute Gasteiger partial charge is 0.251 e. The molecule has 4 aromatic rings. The molecule has 0 aliphatic heterocycles. The van der Waals surface area contributed by atoms with Gasteiger partial charge in [-0.15, -0.1) is 12.4 Å². The summed E-state index contributed by atoms with van der Waals surface area (Å²) in [6.07, 6.45) is 2.69.